The Labute approximate surface area is 148 Å². The maximum absolute atomic E-state index is 13.0. The number of hydrogen-bond donors (Lipinski definition) is 0. The van der Waals surface area contributed by atoms with E-state index in [4.69, 9.17) is 4.74 Å². The van der Waals surface area contributed by atoms with E-state index in [0.717, 1.165) is 43.7 Å². The van der Waals surface area contributed by atoms with E-state index >= 15 is 0 Å². The van der Waals surface area contributed by atoms with Gasteiger partial charge in [-0.3, -0.25) is 9.48 Å². The van der Waals surface area contributed by atoms with E-state index in [2.05, 4.69) is 28.3 Å². The minimum Gasteiger partial charge on any atom is -0.497 e. The Balaban J connectivity index is 1.40. The van der Waals surface area contributed by atoms with E-state index in [9.17, 15) is 4.79 Å². The maximum atomic E-state index is 13.0. The molecular formula is C20H25N3O2. The van der Waals surface area contributed by atoms with Gasteiger partial charge in [-0.25, -0.2) is 0 Å². The molecule has 2 fully saturated rings. The van der Waals surface area contributed by atoms with Crippen LogP contribution in [0.4, 0.5) is 0 Å². The number of likely N-dealkylation sites (tertiary alicyclic amines) is 1. The van der Waals surface area contributed by atoms with Gasteiger partial charge in [0.2, 0.25) is 5.91 Å². The summed E-state index contributed by atoms with van der Waals surface area (Å²) in [6.07, 6.45) is 7.07. The lowest BCUT2D eigenvalue weighted by molar-refractivity contribution is -0.133. The van der Waals surface area contributed by atoms with E-state index in [0.29, 0.717) is 11.8 Å². The lowest BCUT2D eigenvalue weighted by Crippen LogP contribution is -2.39. The molecule has 1 aromatic carbocycles. The largest absolute Gasteiger partial charge is 0.497 e. The Kier molecular flexibility index (Phi) is 4.24. The molecule has 2 aliphatic rings. The standard InChI is InChI=1S/C20H25N3O2/c1-14-11-21-22(12-14)13-16-4-3-9-23(16)20(24)19-10-18(19)15-5-7-17(25-2)8-6-15/h5-8,11-12,16,18-19H,3-4,9-10,13H2,1-2H3/t16-,18+,19+/m1/s1. The normalized spacial score (nSPS) is 25.2. The third-order valence-corrected chi connectivity index (χ3v) is 5.47. The molecule has 0 radical (unpaired) electrons. The average Bonchev–Trinajstić information content (AvgIpc) is 3.12. The number of methoxy groups -OCH3 is 1. The number of ether oxygens (including phenoxy) is 1. The Bertz CT molecular complexity index is 753. The molecule has 1 aliphatic heterocycles. The van der Waals surface area contributed by atoms with Gasteiger partial charge in [-0.05, 0) is 55.4 Å². The van der Waals surface area contributed by atoms with E-state index in [1.807, 2.05) is 29.9 Å². The van der Waals surface area contributed by atoms with Crippen molar-refractivity contribution >= 4 is 5.91 Å². The van der Waals surface area contributed by atoms with Crippen molar-refractivity contribution < 1.29 is 9.53 Å². The second kappa shape index (κ2) is 6.54. The molecule has 0 unspecified atom stereocenters. The Hall–Kier alpha value is -2.30. The van der Waals surface area contributed by atoms with Crippen LogP contribution in [0.15, 0.2) is 36.7 Å². The van der Waals surface area contributed by atoms with Crippen LogP contribution in [0.1, 0.15) is 36.3 Å². The van der Waals surface area contributed by atoms with Crippen molar-refractivity contribution in [2.45, 2.75) is 44.7 Å². The van der Waals surface area contributed by atoms with Crippen LogP contribution in [0.5, 0.6) is 5.75 Å². The zero-order valence-corrected chi connectivity index (χ0v) is 14.9. The van der Waals surface area contributed by atoms with Gasteiger partial charge in [0.1, 0.15) is 5.75 Å². The summed E-state index contributed by atoms with van der Waals surface area (Å²) < 4.78 is 7.19. The smallest absolute Gasteiger partial charge is 0.226 e. The summed E-state index contributed by atoms with van der Waals surface area (Å²) >= 11 is 0. The second-order valence-corrected chi connectivity index (χ2v) is 7.29. The number of carbonyl (C=O) groups excluding carboxylic acids is 1. The Morgan fingerprint density at radius 2 is 2.12 bits per heavy atom. The fourth-order valence-corrected chi connectivity index (χ4v) is 4.00. The highest BCUT2D eigenvalue weighted by molar-refractivity contribution is 5.83. The highest BCUT2D eigenvalue weighted by Crippen LogP contribution is 2.49. The first-order valence-corrected chi connectivity index (χ1v) is 9.09. The summed E-state index contributed by atoms with van der Waals surface area (Å²) in [5.41, 5.74) is 2.41. The molecule has 25 heavy (non-hydrogen) atoms. The molecule has 1 saturated carbocycles. The van der Waals surface area contributed by atoms with Crippen LogP contribution in [0.3, 0.4) is 0 Å². The van der Waals surface area contributed by atoms with Crippen molar-refractivity contribution in [3.8, 4) is 5.75 Å². The molecule has 5 heteroatoms. The molecule has 0 spiro atoms. The van der Waals surface area contributed by atoms with Gasteiger partial charge < -0.3 is 9.64 Å². The zero-order chi connectivity index (χ0) is 17.4. The van der Waals surface area contributed by atoms with Gasteiger partial charge in [-0.2, -0.15) is 5.10 Å². The predicted octanol–water partition coefficient (Wildman–Crippen LogP) is 2.99. The van der Waals surface area contributed by atoms with Crippen LogP contribution >= 0.6 is 0 Å². The molecule has 1 saturated heterocycles. The summed E-state index contributed by atoms with van der Waals surface area (Å²) in [5.74, 6) is 1.70. The quantitative estimate of drug-likeness (QED) is 0.841. The third-order valence-electron chi connectivity index (χ3n) is 5.47. The van der Waals surface area contributed by atoms with Crippen molar-refractivity contribution in [2.24, 2.45) is 5.92 Å². The first-order chi connectivity index (χ1) is 12.2. The molecule has 4 rings (SSSR count). The summed E-state index contributed by atoms with van der Waals surface area (Å²) in [4.78, 5) is 15.1. The SMILES string of the molecule is COc1ccc([C@@H]2C[C@@H]2C(=O)N2CCC[C@@H]2Cn2cc(C)cn2)cc1. The zero-order valence-electron chi connectivity index (χ0n) is 14.9. The number of aryl methyl sites for hydroxylation is 1. The third kappa shape index (κ3) is 3.28. The number of hydrogen-bond acceptors (Lipinski definition) is 3. The van der Waals surface area contributed by atoms with Crippen LogP contribution in [0.2, 0.25) is 0 Å². The fraction of sp³-hybridized carbons (Fsp3) is 0.500. The molecule has 0 bridgehead atoms. The molecule has 2 aromatic rings. The molecule has 1 aromatic heterocycles. The summed E-state index contributed by atoms with van der Waals surface area (Å²) in [7, 11) is 1.67. The van der Waals surface area contributed by atoms with Crippen molar-refractivity contribution in [2.75, 3.05) is 13.7 Å². The van der Waals surface area contributed by atoms with Crippen molar-refractivity contribution in [3.63, 3.8) is 0 Å². The highest BCUT2D eigenvalue weighted by atomic mass is 16.5. The minimum absolute atomic E-state index is 0.147. The van der Waals surface area contributed by atoms with Gasteiger partial charge in [-0.1, -0.05) is 12.1 Å². The van der Waals surface area contributed by atoms with E-state index in [-0.39, 0.29) is 12.0 Å². The lowest BCUT2D eigenvalue weighted by atomic mass is 10.1. The molecule has 1 aliphatic carbocycles. The highest BCUT2D eigenvalue weighted by Gasteiger charge is 2.47. The molecular weight excluding hydrogens is 314 g/mol. The van der Waals surface area contributed by atoms with Crippen molar-refractivity contribution in [3.05, 3.63) is 47.8 Å². The first-order valence-electron chi connectivity index (χ1n) is 9.09. The second-order valence-electron chi connectivity index (χ2n) is 7.29. The number of amides is 1. The first kappa shape index (κ1) is 16.2. The summed E-state index contributed by atoms with van der Waals surface area (Å²) in [6, 6.07) is 8.42. The lowest BCUT2D eigenvalue weighted by Gasteiger charge is -2.25. The Morgan fingerprint density at radius 3 is 2.80 bits per heavy atom. The van der Waals surface area contributed by atoms with Gasteiger partial charge in [-0.15, -0.1) is 0 Å². The molecule has 3 atom stereocenters. The minimum atomic E-state index is 0.147. The van der Waals surface area contributed by atoms with E-state index in [1.54, 1.807) is 7.11 Å². The Morgan fingerprint density at radius 1 is 1.32 bits per heavy atom. The number of benzene rings is 1. The van der Waals surface area contributed by atoms with Gasteiger partial charge in [0.25, 0.3) is 0 Å². The fourth-order valence-electron chi connectivity index (χ4n) is 4.00. The monoisotopic (exact) mass is 339 g/mol. The number of nitrogens with zero attached hydrogens (tertiary/aromatic N) is 3. The van der Waals surface area contributed by atoms with E-state index < -0.39 is 0 Å². The molecule has 0 N–H and O–H groups in total. The summed E-state index contributed by atoms with van der Waals surface area (Å²) in [6.45, 7) is 3.74. The topological polar surface area (TPSA) is 47.4 Å². The van der Waals surface area contributed by atoms with Gasteiger partial charge in [0.05, 0.1) is 25.9 Å². The number of aromatic nitrogens is 2. The van der Waals surface area contributed by atoms with Gasteiger partial charge >= 0.3 is 0 Å². The van der Waals surface area contributed by atoms with Crippen LogP contribution in [-0.4, -0.2) is 40.3 Å². The van der Waals surface area contributed by atoms with E-state index in [1.165, 1.54) is 5.56 Å². The summed E-state index contributed by atoms with van der Waals surface area (Å²) in [5, 5.41) is 4.38. The van der Waals surface area contributed by atoms with Crippen LogP contribution in [0.25, 0.3) is 0 Å². The maximum Gasteiger partial charge on any atom is 0.226 e. The van der Waals surface area contributed by atoms with Gasteiger partial charge in [0, 0.05) is 18.7 Å². The van der Waals surface area contributed by atoms with Crippen molar-refractivity contribution in [1.82, 2.24) is 14.7 Å². The van der Waals surface area contributed by atoms with Crippen LogP contribution in [0, 0.1) is 12.8 Å². The van der Waals surface area contributed by atoms with Gasteiger partial charge in [0.15, 0.2) is 0 Å². The number of rotatable bonds is 5. The molecule has 132 valence electrons. The average molecular weight is 339 g/mol. The molecule has 2 heterocycles. The van der Waals surface area contributed by atoms with Crippen LogP contribution in [-0.2, 0) is 11.3 Å². The van der Waals surface area contributed by atoms with Crippen molar-refractivity contribution in [1.29, 1.82) is 0 Å². The van der Waals surface area contributed by atoms with Crippen LogP contribution < -0.4 is 4.74 Å². The molecule has 1 amide bonds. The predicted molar refractivity (Wildman–Crippen MR) is 95.5 cm³/mol. The molecule has 5 nitrogen and oxygen atoms in total. The number of carbonyl (C=O) groups is 1.